The first kappa shape index (κ1) is 14.5. The van der Waals surface area contributed by atoms with Gasteiger partial charge in [-0.05, 0) is 35.4 Å². The smallest absolute Gasteiger partial charge is 0.296 e. The van der Waals surface area contributed by atoms with Crippen LogP contribution in [0, 0.1) is 5.82 Å². The lowest BCUT2D eigenvalue weighted by molar-refractivity contribution is 0.375. The third kappa shape index (κ3) is 3.26. The Morgan fingerprint density at radius 2 is 1.91 bits per heavy atom. The third-order valence-corrected chi connectivity index (χ3v) is 3.50. The number of hydrogen-bond acceptors (Lipinski definition) is 3. The number of rotatable bonds is 4. The first-order valence-electron chi connectivity index (χ1n) is 6.66. The van der Waals surface area contributed by atoms with Crippen LogP contribution in [0.4, 0.5) is 4.39 Å². The van der Waals surface area contributed by atoms with Gasteiger partial charge in [-0.2, -0.15) is 0 Å². The van der Waals surface area contributed by atoms with Crippen molar-refractivity contribution in [3.63, 3.8) is 0 Å². The van der Waals surface area contributed by atoms with E-state index in [9.17, 15) is 9.18 Å². The molecule has 0 saturated heterocycles. The van der Waals surface area contributed by atoms with Gasteiger partial charge in [-0.15, -0.1) is 0 Å². The van der Waals surface area contributed by atoms with E-state index in [4.69, 9.17) is 16.1 Å². The van der Waals surface area contributed by atoms with Crippen LogP contribution >= 0.6 is 11.6 Å². The van der Waals surface area contributed by atoms with E-state index in [0.29, 0.717) is 23.8 Å². The summed E-state index contributed by atoms with van der Waals surface area (Å²) in [4.78, 5) is 11.8. The Morgan fingerprint density at radius 1 is 1.14 bits per heavy atom. The zero-order chi connectivity index (χ0) is 15.5. The number of hydrogen-bond donors (Lipinski definition) is 0. The van der Waals surface area contributed by atoms with Crippen LogP contribution in [0.5, 0.6) is 0 Å². The number of nitrogens with zero attached hydrogens (tertiary/aromatic N) is 2. The van der Waals surface area contributed by atoms with Gasteiger partial charge in [0.1, 0.15) is 5.82 Å². The largest absolute Gasteiger partial charge is 0.441 e. The summed E-state index contributed by atoms with van der Waals surface area (Å²) in [5, 5.41) is 4.40. The Labute approximate surface area is 130 Å². The molecule has 6 heteroatoms. The second-order valence-corrected chi connectivity index (χ2v) is 5.32. The minimum absolute atomic E-state index is 0.305. The molecule has 4 nitrogen and oxygen atoms in total. The second-order valence-electron chi connectivity index (χ2n) is 4.88. The van der Waals surface area contributed by atoms with E-state index < -0.39 is 5.76 Å². The highest BCUT2D eigenvalue weighted by molar-refractivity contribution is 6.30. The Morgan fingerprint density at radius 3 is 2.64 bits per heavy atom. The lowest BCUT2D eigenvalue weighted by atomic mass is 10.1. The molecule has 0 bridgehead atoms. The fraction of sp³-hybridized carbons (Fsp3) is 0.125. The molecule has 3 aromatic rings. The highest BCUT2D eigenvalue weighted by atomic mass is 35.5. The van der Waals surface area contributed by atoms with E-state index >= 15 is 0 Å². The fourth-order valence-electron chi connectivity index (χ4n) is 2.18. The molecule has 0 N–H and O–H groups in total. The molecule has 0 radical (unpaired) electrons. The average Bonchev–Trinajstić information content (AvgIpc) is 2.83. The highest BCUT2D eigenvalue weighted by Gasteiger charge is 2.12. The number of halogens is 2. The maximum absolute atomic E-state index is 12.9. The zero-order valence-corrected chi connectivity index (χ0v) is 12.3. The van der Waals surface area contributed by atoms with Crippen LogP contribution in [0.3, 0.4) is 0 Å². The highest BCUT2D eigenvalue weighted by Crippen LogP contribution is 2.13. The minimum Gasteiger partial charge on any atom is -0.296 e. The van der Waals surface area contributed by atoms with Gasteiger partial charge >= 0.3 is 5.76 Å². The SMILES string of the molecule is O=c1onc(Cc2ccc(F)cc2)n1Cc1cccc(Cl)c1. The van der Waals surface area contributed by atoms with Gasteiger partial charge in [0.2, 0.25) is 0 Å². The Balaban J connectivity index is 1.87. The molecule has 2 aromatic carbocycles. The minimum atomic E-state index is -0.530. The van der Waals surface area contributed by atoms with Gasteiger partial charge in [0.05, 0.1) is 6.54 Å². The molecule has 0 aliphatic carbocycles. The van der Waals surface area contributed by atoms with Gasteiger partial charge in [0.15, 0.2) is 5.82 Å². The molecule has 1 aromatic heterocycles. The van der Waals surface area contributed by atoms with Crippen molar-refractivity contribution in [3.8, 4) is 0 Å². The van der Waals surface area contributed by atoms with Crippen molar-refractivity contribution in [2.45, 2.75) is 13.0 Å². The Bertz CT molecular complexity index is 840. The summed E-state index contributed by atoms with van der Waals surface area (Å²) in [5.74, 6) is -0.353. The van der Waals surface area contributed by atoms with Crippen molar-refractivity contribution in [2.75, 3.05) is 0 Å². The zero-order valence-electron chi connectivity index (χ0n) is 11.5. The molecule has 0 spiro atoms. The van der Waals surface area contributed by atoms with Gasteiger partial charge in [-0.25, -0.2) is 9.18 Å². The van der Waals surface area contributed by atoms with Gasteiger partial charge in [0.25, 0.3) is 0 Å². The first-order valence-corrected chi connectivity index (χ1v) is 7.04. The average molecular weight is 319 g/mol. The van der Waals surface area contributed by atoms with Crippen LogP contribution in [0.1, 0.15) is 17.0 Å². The van der Waals surface area contributed by atoms with E-state index in [0.717, 1.165) is 11.1 Å². The monoisotopic (exact) mass is 318 g/mol. The van der Waals surface area contributed by atoms with Gasteiger partial charge in [-0.1, -0.05) is 41.0 Å². The molecule has 0 aliphatic heterocycles. The van der Waals surface area contributed by atoms with Crippen LogP contribution in [0.25, 0.3) is 0 Å². The van der Waals surface area contributed by atoms with Gasteiger partial charge in [0, 0.05) is 11.4 Å². The summed E-state index contributed by atoms with van der Waals surface area (Å²) in [7, 11) is 0. The maximum Gasteiger partial charge on any atom is 0.441 e. The lowest BCUT2D eigenvalue weighted by Gasteiger charge is -2.05. The van der Waals surface area contributed by atoms with Crippen molar-refractivity contribution in [1.82, 2.24) is 9.72 Å². The third-order valence-electron chi connectivity index (χ3n) is 3.27. The van der Waals surface area contributed by atoms with E-state index in [2.05, 4.69) is 5.16 Å². The summed E-state index contributed by atoms with van der Waals surface area (Å²) in [5.41, 5.74) is 1.72. The number of aromatic nitrogens is 2. The van der Waals surface area contributed by atoms with Crippen molar-refractivity contribution in [2.24, 2.45) is 0 Å². The molecular formula is C16H12ClFN2O2. The van der Waals surface area contributed by atoms with Crippen LogP contribution in [0.15, 0.2) is 57.8 Å². The fourth-order valence-corrected chi connectivity index (χ4v) is 2.39. The molecule has 1 heterocycles. The van der Waals surface area contributed by atoms with Gasteiger partial charge in [-0.3, -0.25) is 9.09 Å². The van der Waals surface area contributed by atoms with Crippen LogP contribution in [0.2, 0.25) is 5.02 Å². The standard InChI is InChI=1S/C16H12ClFN2O2/c17-13-3-1-2-12(8-13)10-20-15(19-22-16(20)21)9-11-4-6-14(18)7-5-11/h1-8H,9-10H2. The van der Waals surface area contributed by atoms with Crippen LogP contribution in [-0.2, 0) is 13.0 Å². The molecular weight excluding hydrogens is 307 g/mol. The first-order chi connectivity index (χ1) is 10.6. The molecule has 0 atom stereocenters. The Kier molecular flexibility index (Phi) is 4.06. The summed E-state index contributed by atoms with van der Waals surface area (Å²) in [6, 6.07) is 13.3. The molecule has 112 valence electrons. The van der Waals surface area contributed by atoms with Gasteiger partial charge < -0.3 is 0 Å². The summed E-state index contributed by atoms with van der Waals surface area (Å²) >= 11 is 5.95. The van der Waals surface area contributed by atoms with E-state index in [1.54, 1.807) is 24.3 Å². The van der Waals surface area contributed by atoms with E-state index in [1.807, 2.05) is 12.1 Å². The molecule has 0 unspecified atom stereocenters. The van der Waals surface area contributed by atoms with Crippen molar-refractivity contribution >= 4 is 11.6 Å². The molecule has 3 rings (SSSR count). The molecule has 22 heavy (non-hydrogen) atoms. The lowest BCUT2D eigenvalue weighted by Crippen LogP contribution is -2.18. The van der Waals surface area contributed by atoms with Crippen LogP contribution in [-0.4, -0.2) is 9.72 Å². The predicted octanol–water partition coefficient (Wildman–Crippen LogP) is 3.27. The molecule has 0 fully saturated rings. The topological polar surface area (TPSA) is 48.0 Å². The van der Waals surface area contributed by atoms with Crippen molar-refractivity contribution < 1.29 is 8.91 Å². The summed E-state index contributed by atoms with van der Waals surface area (Å²) in [6.45, 7) is 0.319. The molecule has 0 aliphatic rings. The second kappa shape index (κ2) is 6.15. The quantitative estimate of drug-likeness (QED) is 0.742. The maximum atomic E-state index is 12.9. The summed E-state index contributed by atoms with van der Waals surface area (Å²) in [6.07, 6.45) is 0.382. The molecule has 0 amide bonds. The number of benzene rings is 2. The van der Waals surface area contributed by atoms with Crippen molar-refractivity contribution in [3.05, 3.63) is 86.9 Å². The Hall–Kier alpha value is -2.40. The predicted molar refractivity (Wildman–Crippen MR) is 80.5 cm³/mol. The molecule has 0 saturated carbocycles. The normalized spacial score (nSPS) is 10.8. The van der Waals surface area contributed by atoms with E-state index in [1.165, 1.54) is 16.7 Å². The van der Waals surface area contributed by atoms with Crippen LogP contribution < -0.4 is 5.76 Å². The van der Waals surface area contributed by atoms with E-state index in [-0.39, 0.29) is 5.82 Å². The van der Waals surface area contributed by atoms with Crippen molar-refractivity contribution in [1.29, 1.82) is 0 Å². The summed E-state index contributed by atoms with van der Waals surface area (Å²) < 4.78 is 19.1.